The Morgan fingerprint density at radius 3 is 2.59 bits per heavy atom. The molecule has 2 aromatic carbocycles. The van der Waals surface area contributed by atoms with Crippen LogP contribution in [0, 0.1) is 6.92 Å². The Balaban J connectivity index is 1.79. The number of fused-ring (bicyclic) bond motifs is 3. The Kier molecular flexibility index (Phi) is 4.12. The van der Waals surface area contributed by atoms with Gasteiger partial charge in [-0.1, -0.05) is 47.5 Å². The molecule has 0 aliphatic heterocycles. The minimum atomic E-state index is -0.317. The molecule has 0 saturated heterocycles. The average Bonchev–Trinajstić information content (AvgIpc) is 3.05. The van der Waals surface area contributed by atoms with Crippen LogP contribution in [0.15, 0.2) is 65.6 Å². The normalized spacial score (nSPS) is 11.4. The van der Waals surface area contributed by atoms with Gasteiger partial charge in [0.05, 0.1) is 22.0 Å². The molecule has 8 heteroatoms. The summed E-state index contributed by atoms with van der Waals surface area (Å²) in [6.45, 7) is 1.89. The van der Waals surface area contributed by atoms with Gasteiger partial charge in [-0.2, -0.15) is 5.10 Å². The van der Waals surface area contributed by atoms with Gasteiger partial charge >= 0.3 is 0 Å². The van der Waals surface area contributed by atoms with Crippen LogP contribution >= 0.6 is 23.2 Å². The third-order valence-corrected chi connectivity index (χ3v) is 5.33. The number of para-hydroxylation sites is 1. The molecule has 5 aromatic rings. The quantitative estimate of drug-likeness (QED) is 0.413. The summed E-state index contributed by atoms with van der Waals surface area (Å²) in [6.07, 6.45) is 1.67. The maximum Gasteiger partial charge on any atom is 0.285 e. The number of benzene rings is 2. The summed E-state index contributed by atoms with van der Waals surface area (Å²) in [5.41, 5.74) is 4.10. The van der Waals surface area contributed by atoms with E-state index in [4.69, 9.17) is 23.2 Å². The van der Waals surface area contributed by atoms with Gasteiger partial charge in [0, 0.05) is 11.2 Å². The fourth-order valence-corrected chi connectivity index (χ4v) is 3.89. The Hall–Kier alpha value is -3.22. The maximum absolute atomic E-state index is 13.1. The van der Waals surface area contributed by atoms with Crippen LogP contribution in [0.4, 0.5) is 0 Å². The monoisotopic (exact) mass is 421 g/mol. The molecule has 0 fully saturated rings. The molecule has 0 spiro atoms. The van der Waals surface area contributed by atoms with E-state index in [2.05, 4.69) is 15.3 Å². The van der Waals surface area contributed by atoms with Crippen molar-refractivity contribution in [2.75, 3.05) is 0 Å². The van der Waals surface area contributed by atoms with Crippen LogP contribution < -0.4 is 5.56 Å². The second kappa shape index (κ2) is 6.69. The van der Waals surface area contributed by atoms with E-state index in [0.717, 1.165) is 16.8 Å². The van der Waals surface area contributed by atoms with Gasteiger partial charge in [-0.05, 0) is 42.8 Å². The van der Waals surface area contributed by atoms with E-state index in [9.17, 15) is 4.79 Å². The van der Waals surface area contributed by atoms with Crippen LogP contribution in [0.1, 0.15) is 5.69 Å². The van der Waals surface area contributed by atoms with E-state index in [-0.39, 0.29) is 11.1 Å². The van der Waals surface area contributed by atoms with Gasteiger partial charge in [0.25, 0.3) is 5.56 Å². The van der Waals surface area contributed by atoms with E-state index < -0.39 is 0 Å². The topological polar surface area (TPSA) is 65.1 Å². The second-order valence-corrected chi connectivity index (χ2v) is 7.43. The van der Waals surface area contributed by atoms with Gasteiger partial charge in [0.2, 0.25) is 0 Å². The molecule has 0 N–H and O–H groups in total. The fraction of sp³-hybridized carbons (Fsp3) is 0.0476. The number of hydrogen-bond donors (Lipinski definition) is 0. The van der Waals surface area contributed by atoms with Gasteiger partial charge < -0.3 is 0 Å². The van der Waals surface area contributed by atoms with Crippen LogP contribution in [0.3, 0.4) is 0 Å². The number of aryl methyl sites for hydroxylation is 1. The zero-order chi connectivity index (χ0) is 20.1. The highest BCUT2D eigenvalue weighted by molar-refractivity contribution is 6.32. The van der Waals surface area contributed by atoms with Crippen molar-refractivity contribution in [2.45, 2.75) is 6.92 Å². The molecule has 0 saturated carbocycles. The molecule has 5 rings (SSSR count). The van der Waals surface area contributed by atoms with Crippen molar-refractivity contribution in [3.05, 3.63) is 86.9 Å². The summed E-state index contributed by atoms with van der Waals surface area (Å²) in [6, 6.07) is 16.4. The second-order valence-electron chi connectivity index (χ2n) is 6.58. The largest absolute Gasteiger partial charge is 0.285 e. The minimum Gasteiger partial charge on any atom is -0.281 e. The zero-order valence-electron chi connectivity index (χ0n) is 15.2. The number of aromatic nitrogens is 5. The van der Waals surface area contributed by atoms with Gasteiger partial charge in [-0.15, -0.1) is 10.2 Å². The molecule has 3 heterocycles. The van der Waals surface area contributed by atoms with Gasteiger partial charge in [0.1, 0.15) is 5.52 Å². The van der Waals surface area contributed by atoms with Crippen LogP contribution in [0.2, 0.25) is 10.0 Å². The van der Waals surface area contributed by atoms with Crippen LogP contribution in [0.25, 0.3) is 33.5 Å². The highest BCUT2D eigenvalue weighted by atomic mass is 35.5. The van der Waals surface area contributed by atoms with Gasteiger partial charge in [0.15, 0.2) is 11.2 Å². The number of rotatable bonds is 2. The summed E-state index contributed by atoms with van der Waals surface area (Å²) in [5.74, 6) is 0. The lowest BCUT2D eigenvalue weighted by molar-refractivity contribution is 0.905. The smallest absolute Gasteiger partial charge is 0.281 e. The van der Waals surface area contributed by atoms with Crippen LogP contribution in [-0.2, 0) is 0 Å². The molecule has 6 nitrogen and oxygen atoms in total. The van der Waals surface area contributed by atoms with Crippen molar-refractivity contribution in [1.29, 1.82) is 0 Å². The summed E-state index contributed by atoms with van der Waals surface area (Å²) in [5, 5.41) is 14.2. The molecule has 0 atom stereocenters. The predicted octanol–water partition coefficient (Wildman–Crippen LogP) is 4.71. The van der Waals surface area contributed by atoms with E-state index in [1.165, 1.54) is 4.57 Å². The Morgan fingerprint density at radius 2 is 1.79 bits per heavy atom. The van der Waals surface area contributed by atoms with E-state index in [1.807, 2.05) is 43.3 Å². The molecule has 0 aliphatic rings. The maximum atomic E-state index is 13.1. The van der Waals surface area contributed by atoms with Gasteiger partial charge in [-0.3, -0.25) is 9.36 Å². The molecule has 0 radical (unpaired) electrons. The summed E-state index contributed by atoms with van der Waals surface area (Å²) < 4.78 is 3.10. The third-order valence-electron chi connectivity index (χ3n) is 4.78. The number of pyridine rings is 1. The average molecular weight is 422 g/mol. The zero-order valence-corrected chi connectivity index (χ0v) is 16.7. The fourth-order valence-electron chi connectivity index (χ4n) is 3.47. The molecular weight excluding hydrogens is 409 g/mol. The standard InChI is InChI=1S/C21H13Cl2N5O/c1-12-18(13-5-4-6-14(22)11-13)20-25-24-19-17(28(20)26-12)9-10-27(21(19)29)16-8-3-2-7-15(16)23/h2-11H,1H3. The highest BCUT2D eigenvalue weighted by Gasteiger charge is 2.18. The van der Waals surface area contributed by atoms with Crippen molar-refractivity contribution in [3.8, 4) is 16.8 Å². The minimum absolute atomic E-state index is 0.208. The Labute approximate surface area is 175 Å². The lowest BCUT2D eigenvalue weighted by atomic mass is 10.1. The number of nitrogens with zero attached hydrogens (tertiary/aromatic N) is 5. The number of hydrogen-bond acceptors (Lipinski definition) is 4. The number of halogens is 2. The first-order valence-corrected chi connectivity index (χ1v) is 9.58. The molecule has 3 aromatic heterocycles. The summed E-state index contributed by atoms with van der Waals surface area (Å²) in [7, 11) is 0. The molecule has 0 unspecified atom stereocenters. The molecule has 0 aliphatic carbocycles. The molecule has 0 bridgehead atoms. The first kappa shape index (κ1) is 17.8. The lowest BCUT2D eigenvalue weighted by Crippen LogP contribution is -2.20. The van der Waals surface area contributed by atoms with Crippen molar-refractivity contribution in [3.63, 3.8) is 0 Å². The first-order valence-electron chi connectivity index (χ1n) is 8.83. The summed E-state index contributed by atoms with van der Waals surface area (Å²) >= 11 is 12.4. The third kappa shape index (κ3) is 2.80. The van der Waals surface area contributed by atoms with Crippen LogP contribution in [-0.4, -0.2) is 24.4 Å². The van der Waals surface area contributed by atoms with Crippen LogP contribution in [0.5, 0.6) is 0 Å². The van der Waals surface area contributed by atoms with Gasteiger partial charge in [-0.25, -0.2) is 4.52 Å². The molecule has 142 valence electrons. The van der Waals surface area contributed by atoms with E-state index in [0.29, 0.717) is 26.9 Å². The van der Waals surface area contributed by atoms with E-state index >= 15 is 0 Å². The predicted molar refractivity (Wildman–Crippen MR) is 114 cm³/mol. The summed E-state index contributed by atoms with van der Waals surface area (Å²) in [4.78, 5) is 13.1. The first-order chi connectivity index (χ1) is 14.0. The lowest BCUT2D eigenvalue weighted by Gasteiger charge is -2.09. The van der Waals surface area contributed by atoms with Crippen molar-refractivity contribution < 1.29 is 0 Å². The van der Waals surface area contributed by atoms with Crippen molar-refractivity contribution in [1.82, 2.24) is 24.4 Å². The molecule has 0 amide bonds. The molecule has 29 heavy (non-hydrogen) atoms. The SMILES string of the molecule is Cc1nn2c(nnc3c(=O)n(-c4ccccc4Cl)ccc32)c1-c1cccc(Cl)c1. The highest BCUT2D eigenvalue weighted by Crippen LogP contribution is 2.30. The van der Waals surface area contributed by atoms with E-state index in [1.54, 1.807) is 28.9 Å². The van der Waals surface area contributed by atoms with Crippen molar-refractivity contribution in [2.24, 2.45) is 0 Å². The molecular formula is C21H13Cl2N5O. The Bertz CT molecular complexity index is 1470. The Morgan fingerprint density at radius 1 is 0.966 bits per heavy atom. The van der Waals surface area contributed by atoms with Crippen molar-refractivity contribution >= 4 is 39.9 Å².